The highest BCUT2D eigenvalue weighted by Crippen LogP contribution is 2.46. The number of nitrogens with zero attached hydrogens (tertiary/aromatic N) is 3. The molecular weight excluding hydrogens is 388 g/mol. The molecule has 2 heterocycles. The third-order valence-electron chi connectivity index (χ3n) is 5.50. The maximum Gasteiger partial charge on any atom is 0.180 e. The lowest BCUT2D eigenvalue weighted by molar-refractivity contribution is 0.867. The maximum atomic E-state index is 4.23. The summed E-state index contributed by atoms with van der Waals surface area (Å²) in [5.41, 5.74) is 8.90. The predicted octanol–water partition coefficient (Wildman–Crippen LogP) is 7.13. The van der Waals surface area contributed by atoms with Gasteiger partial charge in [0.1, 0.15) is 0 Å². The summed E-state index contributed by atoms with van der Waals surface area (Å²) in [6.45, 7) is 13.3. The standard InChI is InChI=1S/C25H28N4S/c1-14(2)20-11-16(5)7-9-18(20)23-13-22(25-26-28-29-27-25)24(30-23)19-10-8-17(6)12-21(19)15(3)4/h7-15H,1-6H3,(H,26,27,28,29). The summed E-state index contributed by atoms with van der Waals surface area (Å²) < 4.78 is 0. The van der Waals surface area contributed by atoms with Gasteiger partial charge in [0.2, 0.25) is 0 Å². The van der Waals surface area contributed by atoms with Crippen molar-refractivity contribution in [3.63, 3.8) is 0 Å². The first-order valence-corrected chi connectivity index (χ1v) is 11.3. The van der Waals surface area contributed by atoms with E-state index in [-0.39, 0.29) is 0 Å². The number of aryl methyl sites for hydroxylation is 2. The molecule has 0 fully saturated rings. The molecule has 0 aliphatic heterocycles. The fraction of sp³-hybridized carbons (Fsp3) is 0.320. The SMILES string of the molecule is Cc1ccc(-c2cc(-c3nnn[nH]3)c(-c3ccc(C)cc3C(C)C)s2)c(C(C)C)c1. The Hall–Kier alpha value is -2.79. The van der Waals surface area contributed by atoms with Crippen LogP contribution in [0.5, 0.6) is 0 Å². The highest BCUT2D eigenvalue weighted by Gasteiger charge is 2.21. The summed E-state index contributed by atoms with van der Waals surface area (Å²) in [6, 6.07) is 15.7. The van der Waals surface area contributed by atoms with Gasteiger partial charge in [-0.25, -0.2) is 5.10 Å². The topological polar surface area (TPSA) is 54.5 Å². The van der Waals surface area contributed by atoms with E-state index in [4.69, 9.17) is 0 Å². The lowest BCUT2D eigenvalue weighted by Gasteiger charge is -2.14. The molecule has 1 N–H and O–H groups in total. The van der Waals surface area contributed by atoms with E-state index in [1.807, 2.05) is 11.3 Å². The minimum absolute atomic E-state index is 0.428. The van der Waals surface area contributed by atoms with Gasteiger partial charge in [-0.1, -0.05) is 75.2 Å². The molecule has 0 aliphatic rings. The van der Waals surface area contributed by atoms with Crippen molar-refractivity contribution in [2.24, 2.45) is 0 Å². The van der Waals surface area contributed by atoms with Crippen molar-refractivity contribution in [2.75, 3.05) is 0 Å². The molecule has 0 atom stereocenters. The summed E-state index contributed by atoms with van der Waals surface area (Å²) in [6.07, 6.45) is 0. The Kier molecular flexibility index (Phi) is 5.56. The van der Waals surface area contributed by atoms with Crippen molar-refractivity contribution >= 4 is 11.3 Å². The van der Waals surface area contributed by atoms with Gasteiger partial charge >= 0.3 is 0 Å². The van der Waals surface area contributed by atoms with Crippen LogP contribution in [0.25, 0.3) is 32.3 Å². The van der Waals surface area contributed by atoms with E-state index >= 15 is 0 Å². The number of tetrazole rings is 1. The summed E-state index contributed by atoms with van der Waals surface area (Å²) in [4.78, 5) is 2.46. The van der Waals surface area contributed by atoms with E-state index < -0.39 is 0 Å². The molecule has 4 nitrogen and oxygen atoms in total. The molecular formula is C25H28N4S. The average molecular weight is 417 g/mol. The molecule has 4 aromatic rings. The van der Waals surface area contributed by atoms with Crippen LogP contribution in [-0.4, -0.2) is 20.6 Å². The van der Waals surface area contributed by atoms with Crippen LogP contribution in [0, 0.1) is 13.8 Å². The largest absolute Gasteiger partial charge is 0.239 e. The Morgan fingerprint density at radius 1 is 0.767 bits per heavy atom. The zero-order valence-corrected chi connectivity index (χ0v) is 19.3. The minimum atomic E-state index is 0.428. The lowest BCUT2D eigenvalue weighted by atomic mass is 9.92. The van der Waals surface area contributed by atoms with E-state index in [1.54, 1.807) is 0 Å². The Balaban J connectivity index is 1.97. The second kappa shape index (κ2) is 8.15. The molecule has 2 aromatic carbocycles. The van der Waals surface area contributed by atoms with Gasteiger partial charge in [-0.3, -0.25) is 0 Å². The fourth-order valence-electron chi connectivity index (χ4n) is 3.92. The van der Waals surface area contributed by atoms with Crippen LogP contribution in [0.3, 0.4) is 0 Å². The molecule has 154 valence electrons. The van der Waals surface area contributed by atoms with Gasteiger partial charge in [0, 0.05) is 15.3 Å². The van der Waals surface area contributed by atoms with Crippen LogP contribution in [0.1, 0.15) is 61.8 Å². The molecule has 0 unspecified atom stereocenters. The van der Waals surface area contributed by atoms with Crippen molar-refractivity contribution in [1.29, 1.82) is 0 Å². The number of thiophene rings is 1. The quantitative estimate of drug-likeness (QED) is 0.376. The highest BCUT2D eigenvalue weighted by atomic mass is 32.1. The molecule has 4 rings (SSSR count). The first-order valence-electron chi connectivity index (χ1n) is 10.4. The Morgan fingerprint density at radius 2 is 1.37 bits per heavy atom. The van der Waals surface area contributed by atoms with Crippen LogP contribution in [0.15, 0.2) is 42.5 Å². The molecule has 5 heteroatoms. The maximum absolute atomic E-state index is 4.23. The molecule has 0 radical (unpaired) electrons. The summed E-state index contributed by atoms with van der Waals surface area (Å²) >= 11 is 1.82. The second-order valence-corrected chi connectivity index (χ2v) is 9.65. The number of nitrogens with one attached hydrogen (secondary N) is 1. The molecule has 0 bridgehead atoms. The van der Waals surface area contributed by atoms with Crippen LogP contribution in [-0.2, 0) is 0 Å². The van der Waals surface area contributed by atoms with Crippen molar-refractivity contribution in [1.82, 2.24) is 20.6 Å². The summed E-state index contributed by atoms with van der Waals surface area (Å²) in [5.74, 6) is 1.59. The monoisotopic (exact) mass is 416 g/mol. The van der Waals surface area contributed by atoms with Gasteiger partial charge in [-0.2, -0.15) is 0 Å². The van der Waals surface area contributed by atoms with E-state index in [0.717, 1.165) is 5.56 Å². The van der Waals surface area contributed by atoms with Crippen molar-refractivity contribution in [2.45, 2.75) is 53.4 Å². The number of hydrogen-bond donors (Lipinski definition) is 1. The molecule has 0 saturated carbocycles. The minimum Gasteiger partial charge on any atom is -0.239 e. The van der Waals surface area contributed by atoms with Crippen LogP contribution >= 0.6 is 11.3 Å². The van der Waals surface area contributed by atoms with Crippen LogP contribution < -0.4 is 0 Å². The molecule has 0 saturated heterocycles. The van der Waals surface area contributed by atoms with E-state index in [9.17, 15) is 0 Å². The van der Waals surface area contributed by atoms with Gasteiger partial charge in [0.05, 0.1) is 0 Å². The molecule has 30 heavy (non-hydrogen) atoms. The van der Waals surface area contributed by atoms with Gasteiger partial charge in [0.15, 0.2) is 5.82 Å². The molecule has 0 aliphatic carbocycles. The summed E-state index contributed by atoms with van der Waals surface area (Å²) in [5, 5.41) is 14.9. The lowest BCUT2D eigenvalue weighted by Crippen LogP contribution is -1.93. The Morgan fingerprint density at radius 3 is 1.93 bits per heavy atom. The zero-order chi connectivity index (χ0) is 21.4. The van der Waals surface area contributed by atoms with Gasteiger partial charge in [-0.15, -0.1) is 16.4 Å². The first-order chi connectivity index (χ1) is 14.3. The highest BCUT2D eigenvalue weighted by molar-refractivity contribution is 7.19. The van der Waals surface area contributed by atoms with E-state index in [2.05, 4.69) is 105 Å². The van der Waals surface area contributed by atoms with Crippen LogP contribution in [0.4, 0.5) is 0 Å². The number of H-pyrrole nitrogens is 1. The van der Waals surface area contributed by atoms with Crippen molar-refractivity contribution in [3.05, 3.63) is 64.7 Å². The number of aromatic amines is 1. The van der Waals surface area contributed by atoms with Crippen LogP contribution in [0.2, 0.25) is 0 Å². The molecule has 0 amide bonds. The number of benzene rings is 2. The van der Waals surface area contributed by atoms with Gasteiger partial charge in [-0.05, 0) is 64.4 Å². The number of rotatable bonds is 5. The smallest absolute Gasteiger partial charge is 0.180 e. The third kappa shape index (κ3) is 3.82. The number of hydrogen-bond acceptors (Lipinski definition) is 4. The van der Waals surface area contributed by atoms with Crippen molar-refractivity contribution < 1.29 is 0 Å². The van der Waals surface area contributed by atoms with Crippen molar-refractivity contribution in [3.8, 4) is 32.3 Å². The van der Waals surface area contributed by atoms with E-state index in [0.29, 0.717) is 17.7 Å². The molecule has 0 spiro atoms. The average Bonchev–Trinajstić information content (AvgIpc) is 3.37. The normalized spacial score (nSPS) is 11.6. The summed E-state index contributed by atoms with van der Waals surface area (Å²) in [7, 11) is 0. The second-order valence-electron chi connectivity index (χ2n) is 8.59. The van der Waals surface area contributed by atoms with Gasteiger partial charge in [0.25, 0.3) is 0 Å². The first kappa shape index (κ1) is 20.5. The van der Waals surface area contributed by atoms with E-state index in [1.165, 1.54) is 43.1 Å². The third-order valence-corrected chi connectivity index (χ3v) is 6.70. The Bertz CT molecular complexity index is 1170. The Labute approximate surface area is 182 Å². The number of aromatic nitrogens is 4. The zero-order valence-electron chi connectivity index (χ0n) is 18.4. The fourth-order valence-corrected chi connectivity index (χ4v) is 5.18. The molecule has 2 aromatic heterocycles. The van der Waals surface area contributed by atoms with Gasteiger partial charge < -0.3 is 0 Å². The predicted molar refractivity (Wildman–Crippen MR) is 126 cm³/mol.